The lowest BCUT2D eigenvalue weighted by atomic mass is 10.1. The topological polar surface area (TPSA) is 130 Å². The van der Waals surface area contributed by atoms with Crippen LogP contribution in [0.1, 0.15) is 33.2 Å². The van der Waals surface area contributed by atoms with Gasteiger partial charge in [-0.25, -0.2) is 0 Å². The molecule has 0 heterocycles. The van der Waals surface area contributed by atoms with Crippen LogP contribution in [-0.4, -0.2) is 35.7 Å². The summed E-state index contributed by atoms with van der Waals surface area (Å²) in [6, 6.07) is 10.5. The molecular weight excluding hydrogens is 364 g/mol. The van der Waals surface area contributed by atoms with Gasteiger partial charge < -0.3 is 16.0 Å². The van der Waals surface area contributed by atoms with Gasteiger partial charge in [0.05, 0.1) is 4.92 Å². The van der Waals surface area contributed by atoms with E-state index in [9.17, 15) is 24.5 Å². The number of nitro benzene ring substituents is 1. The molecule has 9 heteroatoms. The molecule has 3 N–H and O–H groups in total. The van der Waals surface area contributed by atoms with Crippen LogP contribution in [0, 0.1) is 17.0 Å². The number of hydrogen-bond acceptors (Lipinski definition) is 5. The van der Waals surface area contributed by atoms with E-state index in [0.29, 0.717) is 29.9 Å². The van der Waals surface area contributed by atoms with Crippen LogP contribution in [-0.2, 0) is 4.79 Å². The second-order valence-electron chi connectivity index (χ2n) is 6.03. The summed E-state index contributed by atoms with van der Waals surface area (Å²) in [5.74, 6) is -0.971. The molecule has 2 rings (SSSR count). The van der Waals surface area contributed by atoms with E-state index in [1.54, 1.807) is 31.2 Å². The highest BCUT2D eigenvalue weighted by atomic mass is 16.6. The van der Waals surface area contributed by atoms with Gasteiger partial charge >= 0.3 is 0 Å². The number of nitrogens with zero attached hydrogens (tertiary/aromatic N) is 1. The number of hydrogen-bond donors (Lipinski definition) is 3. The Morgan fingerprint density at radius 1 is 0.929 bits per heavy atom. The predicted molar refractivity (Wildman–Crippen MR) is 103 cm³/mol. The summed E-state index contributed by atoms with van der Waals surface area (Å²) >= 11 is 0. The Kier molecular flexibility index (Phi) is 6.80. The monoisotopic (exact) mass is 384 g/mol. The van der Waals surface area contributed by atoms with Crippen molar-refractivity contribution in [3.05, 3.63) is 69.3 Å². The van der Waals surface area contributed by atoms with Gasteiger partial charge in [-0.05, 0) is 37.3 Å². The molecule has 0 fully saturated rings. The molecule has 0 aliphatic carbocycles. The fraction of sp³-hybridized carbons (Fsp3) is 0.211. The second kappa shape index (κ2) is 9.26. The first-order chi connectivity index (χ1) is 13.3. The summed E-state index contributed by atoms with van der Waals surface area (Å²) in [6.07, 6.45) is 0. The number of aryl methyl sites for hydroxylation is 1. The molecule has 9 nitrogen and oxygen atoms in total. The summed E-state index contributed by atoms with van der Waals surface area (Å²) in [7, 11) is 0. The van der Waals surface area contributed by atoms with Gasteiger partial charge in [-0.1, -0.05) is 6.07 Å². The van der Waals surface area contributed by atoms with Gasteiger partial charge in [0.25, 0.3) is 17.5 Å². The summed E-state index contributed by atoms with van der Waals surface area (Å²) in [4.78, 5) is 45.5. The maximum absolute atomic E-state index is 12.3. The van der Waals surface area contributed by atoms with Crippen molar-refractivity contribution in [1.82, 2.24) is 10.6 Å². The van der Waals surface area contributed by atoms with E-state index >= 15 is 0 Å². The first-order valence-electron chi connectivity index (χ1n) is 8.47. The summed E-state index contributed by atoms with van der Waals surface area (Å²) in [5.41, 5.74) is 1.35. The highest BCUT2D eigenvalue weighted by Crippen LogP contribution is 2.20. The average Bonchev–Trinajstić information content (AvgIpc) is 2.65. The van der Waals surface area contributed by atoms with Crippen molar-refractivity contribution >= 4 is 29.1 Å². The summed E-state index contributed by atoms with van der Waals surface area (Å²) < 4.78 is 0. The van der Waals surface area contributed by atoms with Gasteiger partial charge in [0.2, 0.25) is 5.91 Å². The lowest BCUT2D eigenvalue weighted by molar-refractivity contribution is -0.385. The van der Waals surface area contributed by atoms with Crippen LogP contribution in [0.5, 0.6) is 0 Å². The van der Waals surface area contributed by atoms with Crippen molar-refractivity contribution in [2.75, 3.05) is 18.4 Å². The van der Waals surface area contributed by atoms with Crippen molar-refractivity contribution < 1.29 is 19.3 Å². The Labute approximate surface area is 161 Å². The number of carbonyl (C=O) groups excluding carboxylic acids is 3. The van der Waals surface area contributed by atoms with Crippen LogP contribution in [0.25, 0.3) is 0 Å². The summed E-state index contributed by atoms with van der Waals surface area (Å²) in [6.45, 7) is 3.62. The van der Waals surface area contributed by atoms with Gasteiger partial charge in [-0.3, -0.25) is 24.5 Å². The zero-order valence-corrected chi connectivity index (χ0v) is 15.4. The maximum Gasteiger partial charge on any atom is 0.273 e. The van der Waals surface area contributed by atoms with Gasteiger partial charge in [0, 0.05) is 48.5 Å². The molecule has 0 spiro atoms. The minimum absolute atomic E-state index is 0.126. The Morgan fingerprint density at radius 2 is 1.54 bits per heavy atom. The highest BCUT2D eigenvalue weighted by molar-refractivity contribution is 6.05. The molecule has 0 aromatic heterocycles. The molecule has 2 aromatic carbocycles. The fourth-order valence-corrected chi connectivity index (χ4v) is 2.37. The quantitative estimate of drug-likeness (QED) is 0.382. The SMILES string of the molecule is CC(=O)NCCNC(=O)c1ccc(NC(=O)c2ccc(C)c([N+](=O)[O-])c2)cc1. The number of rotatable bonds is 7. The third-order valence-electron chi connectivity index (χ3n) is 3.86. The Hall–Kier alpha value is -3.75. The molecule has 3 amide bonds. The van der Waals surface area contributed by atoms with E-state index in [0.717, 1.165) is 0 Å². The highest BCUT2D eigenvalue weighted by Gasteiger charge is 2.15. The number of anilines is 1. The van der Waals surface area contributed by atoms with Crippen LogP contribution in [0.2, 0.25) is 0 Å². The molecule has 0 aliphatic rings. The molecule has 0 bridgehead atoms. The van der Waals surface area contributed by atoms with E-state index in [-0.39, 0.29) is 23.1 Å². The Bertz CT molecular complexity index is 909. The normalized spacial score (nSPS) is 10.1. The van der Waals surface area contributed by atoms with E-state index in [1.165, 1.54) is 25.1 Å². The third-order valence-corrected chi connectivity index (χ3v) is 3.86. The molecule has 0 unspecified atom stereocenters. The Morgan fingerprint density at radius 3 is 2.14 bits per heavy atom. The molecule has 0 saturated heterocycles. The molecular formula is C19H20N4O5. The van der Waals surface area contributed by atoms with Gasteiger partial charge in [0.15, 0.2) is 0 Å². The predicted octanol–water partition coefficient (Wildman–Crippen LogP) is 2.02. The standard InChI is InChI=1S/C19H20N4O5/c1-12-3-4-15(11-17(12)23(27)28)19(26)22-16-7-5-14(6-8-16)18(25)21-10-9-20-13(2)24/h3-8,11H,9-10H2,1-2H3,(H,20,24)(H,21,25)(H,22,26). The van der Waals surface area contributed by atoms with Crippen molar-refractivity contribution in [3.8, 4) is 0 Å². The van der Waals surface area contributed by atoms with Crippen LogP contribution in [0.4, 0.5) is 11.4 Å². The lowest BCUT2D eigenvalue weighted by Crippen LogP contribution is -2.33. The summed E-state index contributed by atoms with van der Waals surface area (Å²) in [5, 5.41) is 18.9. The van der Waals surface area contributed by atoms with Gasteiger partial charge in [-0.15, -0.1) is 0 Å². The molecule has 0 atom stereocenters. The molecule has 0 aliphatic heterocycles. The maximum atomic E-state index is 12.3. The Balaban J connectivity index is 1.97. The average molecular weight is 384 g/mol. The van der Waals surface area contributed by atoms with Crippen LogP contribution in [0.15, 0.2) is 42.5 Å². The van der Waals surface area contributed by atoms with Crippen molar-refractivity contribution in [3.63, 3.8) is 0 Å². The molecule has 28 heavy (non-hydrogen) atoms. The smallest absolute Gasteiger partial charge is 0.273 e. The van der Waals surface area contributed by atoms with Gasteiger partial charge in [0.1, 0.15) is 0 Å². The largest absolute Gasteiger partial charge is 0.355 e. The van der Waals surface area contributed by atoms with Crippen molar-refractivity contribution in [1.29, 1.82) is 0 Å². The molecule has 0 radical (unpaired) electrons. The van der Waals surface area contributed by atoms with E-state index in [4.69, 9.17) is 0 Å². The van der Waals surface area contributed by atoms with Crippen molar-refractivity contribution in [2.24, 2.45) is 0 Å². The first-order valence-corrected chi connectivity index (χ1v) is 8.47. The minimum Gasteiger partial charge on any atom is -0.355 e. The first kappa shape index (κ1) is 20.6. The number of benzene rings is 2. The van der Waals surface area contributed by atoms with E-state index in [2.05, 4.69) is 16.0 Å². The molecule has 146 valence electrons. The fourth-order valence-electron chi connectivity index (χ4n) is 2.37. The third kappa shape index (κ3) is 5.63. The number of nitro groups is 1. The lowest BCUT2D eigenvalue weighted by Gasteiger charge is -2.08. The minimum atomic E-state index is -0.536. The number of amides is 3. The number of carbonyl (C=O) groups is 3. The van der Waals surface area contributed by atoms with E-state index in [1.807, 2.05) is 0 Å². The van der Waals surface area contributed by atoms with Crippen LogP contribution < -0.4 is 16.0 Å². The van der Waals surface area contributed by atoms with Crippen LogP contribution in [0.3, 0.4) is 0 Å². The second-order valence-corrected chi connectivity index (χ2v) is 6.03. The molecule has 2 aromatic rings. The number of nitrogens with one attached hydrogen (secondary N) is 3. The van der Waals surface area contributed by atoms with Crippen molar-refractivity contribution in [2.45, 2.75) is 13.8 Å². The zero-order chi connectivity index (χ0) is 20.7. The van der Waals surface area contributed by atoms with E-state index < -0.39 is 10.8 Å². The van der Waals surface area contributed by atoms with Crippen LogP contribution >= 0.6 is 0 Å². The molecule has 0 saturated carbocycles. The zero-order valence-electron chi connectivity index (χ0n) is 15.4. The van der Waals surface area contributed by atoms with Gasteiger partial charge in [-0.2, -0.15) is 0 Å².